The molecular weight excluding hydrogens is 192 g/mol. The van der Waals surface area contributed by atoms with Crippen LogP contribution >= 0.6 is 0 Å². The third-order valence-electron chi connectivity index (χ3n) is 2.32. The molecule has 0 aliphatic heterocycles. The van der Waals surface area contributed by atoms with Gasteiger partial charge in [-0.25, -0.2) is 0 Å². The first-order chi connectivity index (χ1) is 7.04. The molecule has 0 radical (unpaired) electrons. The number of amides is 1. The fourth-order valence-corrected chi connectivity index (χ4v) is 1.13. The molecule has 4 nitrogen and oxygen atoms in total. The van der Waals surface area contributed by atoms with Crippen molar-refractivity contribution in [3.8, 4) is 0 Å². The number of aromatic amines is 1. The summed E-state index contributed by atoms with van der Waals surface area (Å²) in [4.78, 5) is 25.4. The van der Waals surface area contributed by atoms with Gasteiger partial charge < -0.3 is 10.3 Å². The minimum absolute atomic E-state index is 0.0474. The van der Waals surface area contributed by atoms with Crippen molar-refractivity contribution in [2.75, 3.05) is 0 Å². The summed E-state index contributed by atoms with van der Waals surface area (Å²) in [5.74, 6) is -0.217. The highest BCUT2D eigenvalue weighted by Gasteiger charge is 2.11. The van der Waals surface area contributed by atoms with E-state index in [-0.39, 0.29) is 17.7 Å². The molecule has 2 N–H and O–H groups in total. The van der Waals surface area contributed by atoms with E-state index in [1.807, 2.05) is 13.8 Å². The van der Waals surface area contributed by atoms with Gasteiger partial charge >= 0.3 is 0 Å². The molecule has 82 valence electrons. The molecule has 15 heavy (non-hydrogen) atoms. The molecule has 1 amide bonds. The lowest BCUT2D eigenvalue weighted by atomic mass is 10.2. The minimum Gasteiger partial charge on any atom is -0.356 e. The first-order valence-corrected chi connectivity index (χ1v) is 5.04. The van der Waals surface area contributed by atoms with Crippen molar-refractivity contribution in [1.29, 1.82) is 0 Å². The van der Waals surface area contributed by atoms with Crippen LogP contribution in [0.1, 0.15) is 48.0 Å². The summed E-state index contributed by atoms with van der Waals surface area (Å²) in [6.07, 6.45) is 2.43. The molecule has 0 saturated carbocycles. The Bertz CT molecular complexity index is 368. The smallest absolute Gasteiger partial charge is 0.267 e. The molecule has 0 fully saturated rings. The molecular formula is C11H16N2O2. The topological polar surface area (TPSA) is 62.0 Å². The van der Waals surface area contributed by atoms with Gasteiger partial charge in [0.1, 0.15) is 5.69 Å². The van der Waals surface area contributed by atoms with Gasteiger partial charge in [-0.1, -0.05) is 6.92 Å². The average Bonchev–Trinajstić information content (AvgIpc) is 2.66. The Labute approximate surface area is 89.1 Å². The number of aromatic nitrogens is 1. The van der Waals surface area contributed by atoms with Crippen molar-refractivity contribution in [2.24, 2.45) is 0 Å². The van der Waals surface area contributed by atoms with Gasteiger partial charge in [0.05, 0.1) is 0 Å². The summed E-state index contributed by atoms with van der Waals surface area (Å²) in [6, 6.07) is 1.71. The zero-order valence-electron chi connectivity index (χ0n) is 9.26. The SMILES string of the molecule is CCC(C)NC(=O)c1cc(C(C)=O)c[nH]1. The number of hydrogen-bond acceptors (Lipinski definition) is 2. The quantitative estimate of drug-likeness (QED) is 0.740. The number of nitrogens with one attached hydrogen (secondary N) is 2. The second kappa shape index (κ2) is 4.77. The Hall–Kier alpha value is -1.58. The Morgan fingerprint density at radius 2 is 2.20 bits per heavy atom. The lowest BCUT2D eigenvalue weighted by Crippen LogP contribution is -2.32. The van der Waals surface area contributed by atoms with E-state index in [0.717, 1.165) is 6.42 Å². The maximum Gasteiger partial charge on any atom is 0.267 e. The predicted molar refractivity (Wildman–Crippen MR) is 58.0 cm³/mol. The fourth-order valence-electron chi connectivity index (χ4n) is 1.13. The number of H-pyrrole nitrogens is 1. The van der Waals surface area contributed by atoms with Gasteiger partial charge in [0.2, 0.25) is 0 Å². The minimum atomic E-state index is -0.170. The van der Waals surface area contributed by atoms with Gasteiger partial charge in [0, 0.05) is 17.8 Å². The van der Waals surface area contributed by atoms with Gasteiger partial charge in [-0.05, 0) is 26.3 Å². The zero-order valence-corrected chi connectivity index (χ0v) is 9.26. The van der Waals surface area contributed by atoms with Crippen molar-refractivity contribution < 1.29 is 9.59 Å². The van der Waals surface area contributed by atoms with Gasteiger partial charge in [0.25, 0.3) is 5.91 Å². The molecule has 0 aliphatic rings. The summed E-state index contributed by atoms with van der Waals surface area (Å²) in [5.41, 5.74) is 0.963. The van der Waals surface area contributed by atoms with Crippen molar-refractivity contribution >= 4 is 11.7 Å². The highest BCUT2D eigenvalue weighted by molar-refractivity contribution is 5.99. The molecule has 0 aliphatic carbocycles. The average molecular weight is 208 g/mol. The molecule has 1 atom stereocenters. The van der Waals surface area contributed by atoms with E-state index in [2.05, 4.69) is 10.3 Å². The number of carbonyl (C=O) groups excluding carboxylic acids is 2. The van der Waals surface area contributed by atoms with Crippen molar-refractivity contribution in [2.45, 2.75) is 33.2 Å². The summed E-state index contributed by atoms with van der Waals surface area (Å²) >= 11 is 0. The zero-order chi connectivity index (χ0) is 11.4. The van der Waals surface area contributed by atoms with E-state index in [1.54, 1.807) is 12.3 Å². The fraction of sp³-hybridized carbons (Fsp3) is 0.455. The van der Waals surface area contributed by atoms with E-state index in [0.29, 0.717) is 11.3 Å². The Morgan fingerprint density at radius 1 is 1.53 bits per heavy atom. The largest absolute Gasteiger partial charge is 0.356 e. The maximum atomic E-state index is 11.6. The van der Waals surface area contributed by atoms with Crippen molar-refractivity contribution in [3.63, 3.8) is 0 Å². The normalized spacial score (nSPS) is 12.2. The number of ketones is 1. The third kappa shape index (κ3) is 2.94. The van der Waals surface area contributed by atoms with Crippen LogP contribution in [0.5, 0.6) is 0 Å². The highest BCUT2D eigenvalue weighted by Crippen LogP contribution is 2.04. The maximum absolute atomic E-state index is 11.6. The molecule has 1 rings (SSSR count). The van der Waals surface area contributed by atoms with Crippen LogP contribution < -0.4 is 5.32 Å². The monoisotopic (exact) mass is 208 g/mol. The van der Waals surface area contributed by atoms with Crippen molar-refractivity contribution in [3.05, 3.63) is 23.5 Å². The van der Waals surface area contributed by atoms with E-state index in [4.69, 9.17) is 0 Å². The van der Waals surface area contributed by atoms with Gasteiger partial charge in [-0.15, -0.1) is 0 Å². The highest BCUT2D eigenvalue weighted by atomic mass is 16.2. The lowest BCUT2D eigenvalue weighted by molar-refractivity contribution is 0.0934. The standard InChI is InChI=1S/C11H16N2O2/c1-4-7(2)13-11(15)10-5-9(6-12-10)8(3)14/h5-7,12H,4H2,1-3H3,(H,13,15). The molecule has 0 aromatic carbocycles. The molecule has 1 unspecified atom stereocenters. The number of Topliss-reactive ketones (excluding diaryl/α,β-unsaturated/α-hetero) is 1. The molecule has 4 heteroatoms. The lowest BCUT2D eigenvalue weighted by Gasteiger charge is -2.09. The number of rotatable bonds is 4. The van der Waals surface area contributed by atoms with Crippen LogP contribution in [0, 0.1) is 0 Å². The molecule has 1 aromatic rings. The Kier molecular flexibility index (Phi) is 3.66. The van der Waals surface area contributed by atoms with Crippen LogP contribution in [0.4, 0.5) is 0 Å². The van der Waals surface area contributed by atoms with E-state index in [1.165, 1.54) is 6.92 Å². The van der Waals surface area contributed by atoms with Crippen LogP contribution in [-0.4, -0.2) is 22.7 Å². The van der Waals surface area contributed by atoms with Crippen molar-refractivity contribution in [1.82, 2.24) is 10.3 Å². The molecule has 1 aromatic heterocycles. The Balaban J connectivity index is 2.70. The van der Waals surface area contributed by atoms with Gasteiger partial charge in [0.15, 0.2) is 5.78 Å². The van der Waals surface area contributed by atoms with Gasteiger partial charge in [-0.3, -0.25) is 9.59 Å². The third-order valence-corrected chi connectivity index (χ3v) is 2.32. The number of carbonyl (C=O) groups is 2. The summed E-state index contributed by atoms with van der Waals surface area (Å²) in [7, 11) is 0. The summed E-state index contributed by atoms with van der Waals surface area (Å²) in [5, 5.41) is 2.82. The molecule has 1 heterocycles. The summed E-state index contributed by atoms with van der Waals surface area (Å²) in [6.45, 7) is 5.41. The van der Waals surface area contributed by atoms with Crippen LogP contribution in [0.25, 0.3) is 0 Å². The van der Waals surface area contributed by atoms with Crippen LogP contribution in [0.15, 0.2) is 12.3 Å². The first kappa shape index (κ1) is 11.5. The van der Waals surface area contributed by atoms with Crippen LogP contribution in [-0.2, 0) is 0 Å². The van der Waals surface area contributed by atoms with E-state index >= 15 is 0 Å². The molecule has 0 bridgehead atoms. The molecule has 0 spiro atoms. The van der Waals surface area contributed by atoms with Crippen LogP contribution in [0.2, 0.25) is 0 Å². The van der Waals surface area contributed by atoms with E-state index in [9.17, 15) is 9.59 Å². The van der Waals surface area contributed by atoms with Crippen LogP contribution in [0.3, 0.4) is 0 Å². The second-order valence-corrected chi connectivity index (χ2v) is 3.64. The number of hydrogen-bond donors (Lipinski definition) is 2. The molecule has 0 saturated heterocycles. The second-order valence-electron chi connectivity index (χ2n) is 3.64. The van der Waals surface area contributed by atoms with Gasteiger partial charge in [-0.2, -0.15) is 0 Å². The predicted octanol–water partition coefficient (Wildman–Crippen LogP) is 1.75. The summed E-state index contributed by atoms with van der Waals surface area (Å²) < 4.78 is 0. The first-order valence-electron chi connectivity index (χ1n) is 5.04. The van der Waals surface area contributed by atoms with E-state index < -0.39 is 0 Å². The Morgan fingerprint density at radius 3 is 2.67 bits per heavy atom.